The highest BCUT2D eigenvalue weighted by molar-refractivity contribution is 6.31. The van der Waals surface area contributed by atoms with E-state index in [0.717, 1.165) is 29.3 Å². The molecule has 7 heteroatoms. The highest BCUT2D eigenvalue weighted by Gasteiger charge is 2.25. The molecule has 1 aromatic heterocycles. The zero-order valence-corrected chi connectivity index (χ0v) is 16.8. The van der Waals surface area contributed by atoms with Gasteiger partial charge in [-0.2, -0.15) is 0 Å². The number of likely N-dealkylation sites (N-methyl/N-ethyl adjacent to an activating group) is 1. The van der Waals surface area contributed by atoms with Crippen LogP contribution in [0, 0.1) is 5.82 Å². The lowest BCUT2D eigenvalue weighted by molar-refractivity contribution is 0.307. The second-order valence-electron chi connectivity index (χ2n) is 7.19. The Morgan fingerprint density at radius 2 is 1.93 bits per heavy atom. The molecule has 0 fully saturated rings. The normalized spacial score (nSPS) is 14.3. The van der Waals surface area contributed by atoms with Gasteiger partial charge in [-0.15, -0.1) is 10.2 Å². The SMILES string of the molecule is CC(Cc1nnc2n1-c1ccc(Cl)cc1C(c1ccccc1F)=NC2)N(C)C. The van der Waals surface area contributed by atoms with Crippen LogP contribution in [0.4, 0.5) is 4.39 Å². The van der Waals surface area contributed by atoms with Gasteiger partial charge in [0, 0.05) is 28.6 Å². The lowest BCUT2D eigenvalue weighted by Crippen LogP contribution is -2.28. The number of halogens is 2. The summed E-state index contributed by atoms with van der Waals surface area (Å²) in [4.78, 5) is 6.83. The number of hydrogen-bond donors (Lipinski definition) is 0. The Hall–Kier alpha value is -2.57. The molecule has 0 saturated carbocycles. The summed E-state index contributed by atoms with van der Waals surface area (Å²) in [6, 6.07) is 12.5. The van der Waals surface area contributed by atoms with E-state index in [1.54, 1.807) is 18.2 Å². The van der Waals surface area contributed by atoms with Crippen LogP contribution in [0.5, 0.6) is 0 Å². The highest BCUT2D eigenvalue weighted by Crippen LogP contribution is 2.29. The predicted molar refractivity (Wildman–Crippen MR) is 109 cm³/mol. The molecule has 2 aromatic carbocycles. The zero-order chi connectivity index (χ0) is 19.8. The molecule has 1 atom stereocenters. The molecular formula is C21H21ClFN5. The number of fused-ring (bicyclic) bond motifs is 3. The van der Waals surface area contributed by atoms with E-state index in [-0.39, 0.29) is 5.82 Å². The van der Waals surface area contributed by atoms with E-state index in [2.05, 4.69) is 27.0 Å². The fourth-order valence-electron chi connectivity index (χ4n) is 3.32. The van der Waals surface area contributed by atoms with Crippen LogP contribution in [0.15, 0.2) is 47.5 Å². The number of aliphatic imine (C=N–C) groups is 1. The number of rotatable bonds is 4. The van der Waals surface area contributed by atoms with E-state index >= 15 is 0 Å². The minimum absolute atomic E-state index is 0.291. The van der Waals surface area contributed by atoms with Crippen molar-refractivity contribution in [3.8, 4) is 5.69 Å². The van der Waals surface area contributed by atoms with Crippen LogP contribution >= 0.6 is 11.6 Å². The summed E-state index contributed by atoms with van der Waals surface area (Å²) in [5.74, 6) is 1.27. The summed E-state index contributed by atoms with van der Waals surface area (Å²) in [5, 5.41) is 9.34. The Bertz CT molecular complexity index is 1060. The molecule has 1 unspecified atom stereocenters. The Morgan fingerprint density at radius 3 is 2.68 bits per heavy atom. The molecule has 0 N–H and O–H groups in total. The van der Waals surface area contributed by atoms with E-state index in [0.29, 0.717) is 28.9 Å². The van der Waals surface area contributed by atoms with Gasteiger partial charge < -0.3 is 4.90 Å². The van der Waals surface area contributed by atoms with Gasteiger partial charge in [-0.05, 0) is 51.4 Å². The van der Waals surface area contributed by atoms with Crippen molar-refractivity contribution in [3.05, 3.63) is 76.1 Å². The van der Waals surface area contributed by atoms with Crippen molar-refractivity contribution >= 4 is 17.3 Å². The topological polar surface area (TPSA) is 46.3 Å². The van der Waals surface area contributed by atoms with Crippen molar-refractivity contribution in [2.75, 3.05) is 14.1 Å². The fourth-order valence-corrected chi connectivity index (χ4v) is 3.50. The molecule has 4 rings (SSSR count). The predicted octanol–water partition coefficient (Wildman–Crippen LogP) is 3.90. The van der Waals surface area contributed by atoms with Crippen LogP contribution in [0.1, 0.15) is 29.7 Å². The molecule has 5 nitrogen and oxygen atoms in total. The van der Waals surface area contributed by atoms with Gasteiger partial charge in [-0.1, -0.05) is 23.7 Å². The van der Waals surface area contributed by atoms with Gasteiger partial charge in [-0.3, -0.25) is 9.56 Å². The van der Waals surface area contributed by atoms with Crippen LogP contribution in [0.2, 0.25) is 5.02 Å². The molecule has 0 spiro atoms. The first-order chi connectivity index (χ1) is 13.5. The summed E-state index contributed by atoms with van der Waals surface area (Å²) in [6.07, 6.45) is 0.733. The van der Waals surface area contributed by atoms with Crippen LogP contribution < -0.4 is 0 Å². The van der Waals surface area contributed by atoms with Crippen molar-refractivity contribution in [1.29, 1.82) is 0 Å². The minimum Gasteiger partial charge on any atom is -0.306 e. The molecule has 0 amide bonds. The fraction of sp³-hybridized carbons (Fsp3) is 0.286. The molecule has 28 heavy (non-hydrogen) atoms. The van der Waals surface area contributed by atoms with Crippen molar-refractivity contribution in [2.45, 2.75) is 25.9 Å². The lowest BCUT2D eigenvalue weighted by atomic mass is 10.00. The summed E-state index contributed by atoms with van der Waals surface area (Å²) < 4.78 is 16.6. The molecule has 0 aliphatic carbocycles. The van der Waals surface area contributed by atoms with Gasteiger partial charge in [0.05, 0.1) is 11.4 Å². The monoisotopic (exact) mass is 397 g/mol. The average Bonchev–Trinajstić information content (AvgIpc) is 2.98. The maximum absolute atomic E-state index is 14.5. The third kappa shape index (κ3) is 3.34. The molecule has 1 aliphatic rings. The lowest BCUT2D eigenvalue weighted by Gasteiger charge is -2.20. The van der Waals surface area contributed by atoms with Crippen molar-refractivity contribution < 1.29 is 4.39 Å². The summed E-state index contributed by atoms with van der Waals surface area (Å²) in [6.45, 7) is 2.46. The van der Waals surface area contributed by atoms with Crippen LogP contribution in [-0.2, 0) is 13.0 Å². The van der Waals surface area contributed by atoms with Crippen molar-refractivity contribution in [3.63, 3.8) is 0 Å². The standard InChI is InChI=1S/C21H21ClFN5/c1-13(27(2)3)10-19-25-26-20-12-24-21(15-6-4-5-7-17(15)23)16-11-14(22)8-9-18(16)28(19)20/h4-9,11,13H,10,12H2,1-3H3. The first kappa shape index (κ1) is 18.8. The molecule has 3 aromatic rings. The van der Waals surface area contributed by atoms with Crippen molar-refractivity contribution in [2.24, 2.45) is 4.99 Å². The number of aromatic nitrogens is 3. The summed E-state index contributed by atoms with van der Waals surface area (Å²) in [7, 11) is 4.08. The smallest absolute Gasteiger partial charge is 0.159 e. The van der Waals surface area contributed by atoms with E-state index in [1.165, 1.54) is 6.07 Å². The third-order valence-corrected chi connectivity index (χ3v) is 5.35. The van der Waals surface area contributed by atoms with Gasteiger partial charge in [0.15, 0.2) is 5.82 Å². The minimum atomic E-state index is -0.314. The molecule has 144 valence electrons. The van der Waals surface area contributed by atoms with Crippen molar-refractivity contribution in [1.82, 2.24) is 19.7 Å². The van der Waals surface area contributed by atoms with Gasteiger partial charge in [-0.25, -0.2) is 4.39 Å². The number of nitrogens with zero attached hydrogens (tertiary/aromatic N) is 5. The summed E-state index contributed by atoms with van der Waals surface area (Å²) in [5.41, 5.74) is 2.67. The molecule has 0 saturated heterocycles. The van der Waals surface area contributed by atoms with E-state index < -0.39 is 0 Å². The Kier molecular flexibility index (Phi) is 5.00. The number of hydrogen-bond acceptors (Lipinski definition) is 4. The Balaban J connectivity index is 1.89. The first-order valence-electron chi connectivity index (χ1n) is 9.15. The van der Waals surface area contributed by atoms with Crippen LogP contribution in [0.25, 0.3) is 5.69 Å². The summed E-state index contributed by atoms with van der Waals surface area (Å²) >= 11 is 6.29. The third-order valence-electron chi connectivity index (χ3n) is 5.12. The zero-order valence-electron chi connectivity index (χ0n) is 16.0. The second kappa shape index (κ2) is 7.45. The molecule has 2 heterocycles. The molecule has 0 bridgehead atoms. The van der Waals surface area contributed by atoms with E-state index in [1.807, 2.05) is 36.9 Å². The maximum Gasteiger partial charge on any atom is 0.159 e. The van der Waals surface area contributed by atoms with E-state index in [9.17, 15) is 4.39 Å². The highest BCUT2D eigenvalue weighted by atomic mass is 35.5. The molecular weight excluding hydrogens is 377 g/mol. The quantitative estimate of drug-likeness (QED) is 0.670. The maximum atomic E-state index is 14.5. The average molecular weight is 398 g/mol. The number of benzene rings is 2. The van der Waals surface area contributed by atoms with Crippen LogP contribution in [0.3, 0.4) is 0 Å². The van der Waals surface area contributed by atoms with Gasteiger partial charge in [0.25, 0.3) is 0 Å². The Labute approximate surface area is 168 Å². The molecule has 1 aliphatic heterocycles. The second-order valence-corrected chi connectivity index (χ2v) is 7.63. The van der Waals surface area contributed by atoms with Crippen LogP contribution in [-0.4, -0.2) is 45.5 Å². The Morgan fingerprint density at radius 1 is 1.14 bits per heavy atom. The van der Waals surface area contributed by atoms with Gasteiger partial charge >= 0.3 is 0 Å². The van der Waals surface area contributed by atoms with E-state index in [4.69, 9.17) is 11.6 Å². The van der Waals surface area contributed by atoms with Gasteiger partial charge in [0.2, 0.25) is 0 Å². The largest absolute Gasteiger partial charge is 0.306 e. The van der Waals surface area contributed by atoms with Gasteiger partial charge in [0.1, 0.15) is 18.2 Å². The molecule has 0 radical (unpaired) electrons. The first-order valence-corrected chi connectivity index (χ1v) is 9.52.